The number of carbonyl (C=O) groups is 1. The number of thiazole rings is 1. The van der Waals surface area contributed by atoms with Crippen molar-refractivity contribution >= 4 is 41.4 Å². The normalized spacial score (nSPS) is 16.1. The van der Waals surface area contributed by atoms with Crippen LogP contribution in [-0.2, 0) is 6.54 Å². The number of nitrogens with one attached hydrogen (secondary N) is 1. The highest BCUT2D eigenvalue weighted by molar-refractivity contribution is 7.99. The highest BCUT2D eigenvalue weighted by Gasteiger charge is 2.16. The zero-order valence-corrected chi connectivity index (χ0v) is 12.5. The number of nitrogens with two attached hydrogens (primary N) is 1. The molecule has 1 aliphatic heterocycles. The van der Waals surface area contributed by atoms with Gasteiger partial charge in [-0.1, -0.05) is 0 Å². The Morgan fingerprint density at radius 3 is 2.83 bits per heavy atom. The van der Waals surface area contributed by atoms with E-state index < -0.39 is 0 Å². The maximum absolute atomic E-state index is 11.8. The molecule has 1 saturated heterocycles. The van der Waals surface area contributed by atoms with Crippen molar-refractivity contribution in [2.45, 2.75) is 19.4 Å². The van der Waals surface area contributed by atoms with E-state index in [1.807, 2.05) is 11.8 Å². The molecule has 1 amide bonds. The van der Waals surface area contributed by atoms with E-state index in [4.69, 9.17) is 5.73 Å². The zero-order valence-electron chi connectivity index (χ0n) is 10.1. The lowest BCUT2D eigenvalue weighted by Gasteiger charge is -2.21. The number of amides is 1. The van der Waals surface area contributed by atoms with Crippen LogP contribution in [0.25, 0.3) is 0 Å². The second-order valence-corrected chi connectivity index (χ2v) is 6.26. The third-order valence-corrected chi connectivity index (χ3v) is 4.77. The van der Waals surface area contributed by atoms with Gasteiger partial charge >= 0.3 is 0 Å². The lowest BCUT2D eigenvalue weighted by atomic mass is 10.0. The second kappa shape index (κ2) is 7.99. The van der Waals surface area contributed by atoms with E-state index in [9.17, 15) is 4.79 Å². The van der Waals surface area contributed by atoms with E-state index in [0.717, 1.165) is 11.6 Å². The standard InChI is InChI=1S/C11H17N3OS2.ClH/c12-5-10-14-9(7-17-10)11(15)13-6-8-1-3-16-4-2-8;/h7-8H,1-6,12H2,(H,13,15);1H. The third kappa shape index (κ3) is 4.42. The molecule has 2 heterocycles. The van der Waals surface area contributed by atoms with E-state index in [1.165, 1.54) is 35.7 Å². The molecule has 1 fully saturated rings. The monoisotopic (exact) mass is 307 g/mol. The van der Waals surface area contributed by atoms with E-state index in [-0.39, 0.29) is 18.3 Å². The van der Waals surface area contributed by atoms with Crippen molar-refractivity contribution in [3.63, 3.8) is 0 Å². The van der Waals surface area contributed by atoms with Crippen LogP contribution in [0.2, 0.25) is 0 Å². The Labute approximate surface area is 122 Å². The van der Waals surface area contributed by atoms with Crippen molar-refractivity contribution < 1.29 is 4.79 Å². The smallest absolute Gasteiger partial charge is 0.270 e. The Kier molecular flexibility index (Phi) is 6.99. The molecular weight excluding hydrogens is 290 g/mol. The molecule has 0 spiro atoms. The number of halogens is 1. The summed E-state index contributed by atoms with van der Waals surface area (Å²) in [4.78, 5) is 16.0. The first-order chi connectivity index (χ1) is 8.29. The fourth-order valence-electron chi connectivity index (χ4n) is 1.79. The molecule has 2 rings (SSSR count). The summed E-state index contributed by atoms with van der Waals surface area (Å²) >= 11 is 3.44. The van der Waals surface area contributed by atoms with Crippen LogP contribution in [0.15, 0.2) is 5.38 Å². The molecule has 102 valence electrons. The minimum absolute atomic E-state index is 0. The third-order valence-electron chi connectivity index (χ3n) is 2.85. The van der Waals surface area contributed by atoms with Crippen molar-refractivity contribution in [1.29, 1.82) is 0 Å². The molecule has 0 radical (unpaired) electrons. The highest BCUT2D eigenvalue weighted by Crippen LogP contribution is 2.21. The second-order valence-electron chi connectivity index (χ2n) is 4.10. The number of nitrogens with zero attached hydrogens (tertiary/aromatic N) is 1. The highest BCUT2D eigenvalue weighted by atomic mass is 35.5. The van der Waals surface area contributed by atoms with Crippen molar-refractivity contribution in [2.75, 3.05) is 18.1 Å². The molecule has 0 aromatic carbocycles. The van der Waals surface area contributed by atoms with E-state index in [0.29, 0.717) is 18.2 Å². The Bertz CT molecular complexity index is 380. The summed E-state index contributed by atoms with van der Waals surface area (Å²) in [7, 11) is 0. The first kappa shape index (κ1) is 15.8. The van der Waals surface area contributed by atoms with Gasteiger partial charge in [-0.05, 0) is 30.3 Å². The SMILES string of the molecule is Cl.NCc1nc(C(=O)NCC2CCSCC2)cs1. The minimum Gasteiger partial charge on any atom is -0.350 e. The topological polar surface area (TPSA) is 68.0 Å². The lowest BCUT2D eigenvalue weighted by molar-refractivity contribution is 0.0942. The molecule has 0 aliphatic carbocycles. The van der Waals surface area contributed by atoms with Gasteiger partial charge < -0.3 is 11.1 Å². The summed E-state index contributed by atoms with van der Waals surface area (Å²) < 4.78 is 0. The molecular formula is C11H18ClN3OS2. The van der Waals surface area contributed by atoms with Gasteiger partial charge in [-0.15, -0.1) is 23.7 Å². The molecule has 0 unspecified atom stereocenters. The van der Waals surface area contributed by atoms with Crippen LogP contribution in [0.3, 0.4) is 0 Å². The average molecular weight is 308 g/mol. The predicted molar refractivity (Wildman–Crippen MR) is 79.6 cm³/mol. The van der Waals surface area contributed by atoms with Gasteiger partial charge in [0.1, 0.15) is 10.7 Å². The minimum atomic E-state index is -0.0702. The van der Waals surface area contributed by atoms with Crippen LogP contribution in [-0.4, -0.2) is 28.9 Å². The molecule has 0 atom stereocenters. The Balaban J connectivity index is 0.00000162. The number of thioether (sulfide) groups is 1. The van der Waals surface area contributed by atoms with Gasteiger partial charge in [0.25, 0.3) is 5.91 Å². The van der Waals surface area contributed by atoms with Gasteiger partial charge in [0.15, 0.2) is 0 Å². The molecule has 1 aromatic heterocycles. The van der Waals surface area contributed by atoms with Gasteiger partial charge in [0.2, 0.25) is 0 Å². The maximum Gasteiger partial charge on any atom is 0.270 e. The molecule has 4 nitrogen and oxygen atoms in total. The Hall–Kier alpha value is -0.300. The number of hydrogen-bond acceptors (Lipinski definition) is 5. The summed E-state index contributed by atoms with van der Waals surface area (Å²) in [5.74, 6) is 3.00. The Morgan fingerprint density at radius 2 is 2.22 bits per heavy atom. The summed E-state index contributed by atoms with van der Waals surface area (Å²) in [5.41, 5.74) is 5.97. The van der Waals surface area contributed by atoms with Crippen molar-refractivity contribution in [3.8, 4) is 0 Å². The van der Waals surface area contributed by atoms with Gasteiger partial charge in [0.05, 0.1) is 0 Å². The average Bonchev–Trinajstić information content (AvgIpc) is 2.86. The van der Waals surface area contributed by atoms with Crippen LogP contribution in [0.5, 0.6) is 0 Å². The number of rotatable bonds is 4. The molecule has 7 heteroatoms. The van der Waals surface area contributed by atoms with Crippen LogP contribution in [0, 0.1) is 5.92 Å². The largest absolute Gasteiger partial charge is 0.350 e. The van der Waals surface area contributed by atoms with Gasteiger partial charge in [0, 0.05) is 18.5 Å². The predicted octanol–water partition coefficient (Wildman–Crippen LogP) is 1.90. The maximum atomic E-state index is 11.8. The molecule has 18 heavy (non-hydrogen) atoms. The van der Waals surface area contributed by atoms with Gasteiger partial charge in [-0.2, -0.15) is 11.8 Å². The zero-order chi connectivity index (χ0) is 12.1. The van der Waals surface area contributed by atoms with Gasteiger partial charge in [-0.25, -0.2) is 4.98 Å². The quantitative estimate of drug-likeness (QED) is 0.891. The van der Waals surface area contributed by atoms with Crippen molar-refractivity contribution in [3.05, 3.63) is 16.1 Å². The molecule has 1 aliphatic rings. The van der Waals surface area contributed by atoms with Crippen LogP contribution in [0.1, 0.15) is 28.3 Å². The molecule has 3 N–H and O–H groups in total. The van der Waals surface area contributed by atoms with Crippen LogP contribution in [0.4, 0.5) is 0 Å². The number of aromatic nitrogens is 1. The van der Waals surface area contributed by atoms with Crippen molar-refractivity contribution in [1.82, 2.24) is 10.3 Å². The first-order valence-corrected chi connectivity index (χ1v) is 7.83. The van der Waals surface area contributed by atoms with Crippen molar-refractivity contribution in [2.24, 2.45) is 11.7 Å². The van der Waals surface area contributed by atoms with E-state index >= 15 is 0 Å². The van der Waals surface area contributed by atoms with Gasteiger partial charge in [-0.3, -0.25) is 4.79 Å². The lowest BCUT2D eigenvalue weighted by Crippen LogP contribution is -2.31. The summed E-state index contributed by atoms with van der Waals surface area (Å²) in [6, 6.07) is 0. The number of carbonyl (C=O) groups excluding carboxylic acids is 1. The fraction of sp³-hybridized carbons (Fsp3) is 0.636. The molecule has 0 saturated carbocycles. The number of hydrogen-bond donors (Lipinski definition) is 2. The van der Waals surface area contributed by atoms with E-state index in [1.54, 1.807) is 5.38 Å². The summed E-state index contributed by atoms with van der Waals surface area (Å²) in [5, 5.41) is 5.54. The van der Waals surface area contributed by atoms with Crippen LogP contribution < -0.4 is 11.1 Å². The fourth-order valence-corrected chi connectivity index (χ4v) is 3.65. The van der Waals surface area contributed by atoms with Crippen LogP contribution >= 0.6 is 35.5 Å². The summed E-state index contributed by atoms with van der Waals surface area (Å²) in [6.45, 7) is 1.17. The molecule has 0 bridgehead atoms. The summed E-state index contributed by atoms with van der Waals surface area (Å²) in [6.07, 6.45) is 2.41. The molecule has 1 aromatic rings. The Morgan fingerprint density at radius 1 is 1.50 bits per heavy atom. The first-order valence-electron chi connectivity index (χ1n) is 5.80. The van der Waals surface area contributed by atoms with E-state index in [2.05, 4.69) is 10.3 Å².